The molecule has 2 aliphatic rings. The standard InChI is InChI=1S/C24H29N5/c1-6-14-28(15-7-1)17-13-25-24-26-22-11-5-4-10-21(22)23(27-24)29-16-12-19-8-2-3-9-20(19)18-29/h2-5,8-11H,1,6-7,12-18H2,(H,25,26,27). The zero-order chi connectivity index (χ0) is 19.5. The van der Waals surface area contributed by atoms with E-state index in [9.17, 15) is 0 Å². The van der Waals surface area contributed by atoms with Gasteiger partial charge in [0.05, 0.1) is 5.52 Å². The average molecular weight is 388 g/mol. The summed E-state index contributed by atoms with van der Waals surface area (Å²) in [5, 5.41) is 4.63. The van der Waals surface area contributed by atoms with Gasteiger partial charge in [0.15, 0.2) is 0 Å². The lowest BCUT2D eigenvalue weighted by Gasteiger charge is -2.31. The molecule has 3 heterocycles. The molecule has 5 nitrogen and oxygen atoms in total. The number of para-hydroxylation sites is 1. The Kier molecular flexibility index (Phi) is 5.31. The molecule has 0 unspecified atom stereocenters. The number of nitrogens with zero attached hydrogens (tertiary/aromatic N) is 4. The summed E-state index contributed by atoms with van der Waals surface area (Å²) >= 11 is 0. The van der Waals surface area contributed by atoms with E-state index in [1.165, 1.54) is 43.5 Å². The highest BCUT2D eigenvalue weighted by Gasteiger charge is 2.20. The molecule has 0 atom stereocenters. The maximum atomic E-state index is 4.97. The summed E-state index contributed by atoms with van der Waals surface area (Å²) in [5.74, 6) is 1.79. The van der Waals surface area contributed by atoms with Crippen LogP contribution in [0.15, 0.2) is 48.5 Å². The van der Waals surface area contributed by atoms with Gasteiger partial charge in [-0.25, -0.2) is 4.98 Å². The van der Waals surface area contributed by atoms with Crippen molar-refractivity contribution in [3.63, 3.8) is 0 Å². The molecule has 5 rings (SSSR count). The zero-order valence-electron chi connectivity index (χ0n) is 17.0. The SMILES string of the molecule is c1ccc2c(c1)CCN(c1nc(NCCN3CCCCC3)nc3ccccc13)C2. The van der Waals surface area contributed by atoms with Gasteiger partial charge in [-0.2, -0.15) is 4.98 Å². The van der Waals surface area contributed by atoms with Gasteiger partial charge >= 0.3 is 0 Å². The van der Waals surface area contributed by atoms with Crippen LogP contribution < -0.4 is 10.2 Å². The Morgan fingerprint density at radius 3 is 2.52 bits per heavy atom. The van der Waals surface area contributed by atoms with E-state index in [-0.39, 0.29) is 0 Å². The second-order valence-electron chi connectivity index (χ2n) is 8.16. The highest BCUT2D eigenvalue weighted by atomic mass is 15.2. The predicted molar refractivity (Wildman–Crippen MR) is 120 cm³/mol. The van der Waals surface area contributed by atoms with E-state index in [2.05, 4.69) is 63.6 Å². The summed E-state index contributed by atoms with van der Waals surface area (Å²) in [6.45, 7) is 6.29. The molecule has 1 saturated heterocycles. The molecule has 1 aromatic heterocycles. The Morgan fingerprint density at radius 2 is 1.62 bits per heavy atom. The Morgan fingerprint density at radius 1 is 0.828 bits per heavy atom. The van der Waals surface area contributed by atoms with Gasteiger partial charge < -0.3 is 15.1 Å². The van der Waals surface area contributed by atoms with Gasteiger partial charge in [-0.1, -0.05) is 42.8 Å². The maximum Gasteiger partial charge on any atom is 0.225 e. The molecule has 0 amide bonds. The van der Waals surface area contributed by atoms with Crippen LogP contribution in [0, 0.1) is 0 Å². The minimum Gasteiger partial charge on any atom is -0.353 e. The highest BCUT2D eigenvalue weighted by molar-refractivity contribution is 5.90. The van der Waals surface area contributed by atoms with E-state index in [4.69, 9.17) is 9.97 Å². The Hall–Kier alpha value is -2.66. The molecule has 0 aliphatic carbocycles. The lowest BCUT2D eigenvalue weighted by Crippen LogP contribution is -2.34. The molecule has 150 valence electrons. The third kappa shape index (κ3) is 4.06. The molecule has 0 radical (unpaired) electrons. The molecule has 0 saturated carbocycles. The van der Waals surface area contributed by atoms with Gasteiger partial charge in [0, 0.05) is 31.6 Å². The first kappa shape index (κ1) is 18.4. The Bertz CT molecular complexity index is 980. The first-order chi connectivity index (χ1) is 14.4. The van der Waals surface area contributed by atoms with Crippen LogP contribution in [0.4, 0.5) is 11.8 Å². The number of hydrogen-bond acceptors (Lipinski definition) is 5. The molecule has 1 N–H and O–H groups in total. The van der Waals surface area contributed by atoms with E-state index in [0.717, 1.165) is 55.3 Å². The molecule has 5 heteroatoms. The number of rotatable bonds is 5. The molecule has 29 heavy (non-hydrogen) atoms. The summed E-state index contributed by atoms with van der Waals surface area (Å²) in [6.07, 6.45) is 5.09. The summed E-state index contributed by atoms with van der Waals surface area (Å²) in [7, 11) is 0. The van der Waals surface area contributed by atoms with Gasteiger partial charge in [0.2, 0.25) is 5.95 Å². The average Bonchev–Trinajstić information content (AvgIpc) is 2.79. The minimum atomic E-state index is 0.745. The monoisotopic (exact) mass is 387 g/mol. The van der Waals surface area contributed by atoms with Crippen LogP contribution in [0.2, 0.25) is 0 Å². The number of likely N-dealkylation sites (tertiary alicyclic amines) is 1. The number of nitrogens with one attached hydrogen (secondary N) is 1. The number of aromatic nitrogens is 2. The fourth-order valence-electron chi connectivity index (χ4n) is 4.57. The van der Waals surface area contributed by atoms with Crippen LogP contribution in [-0.4, -0.2) is 47.6 Å². The molecule has 2 aliphatic heterocycles. The molecular formula is C24H29N5. The van der Waals surface area contributed by atoms with Crippen molar-refractivity contribution >= 4 is 22.7 Å². The number of benzene rings is 2. The largest absolute Gasteiger partial charge is 0.353 e. The second-order valence-corrected chi connectivity index (χ2v) is 8.16. The smallest absolute Gasteiger partial charge is 0.225 e. The molecule has 0 bridgehead atoms. The molecule has 1 fully saturated rings. The van der Waals surface area contributed by atoms with Crippen molar-refractivity contribution in [1.29, 1.82) is 0 Å². The normalized spacial score (nSPS) is 17.3. The summed E-state index contributed by atoms with van der Waals surface area (Å²) in [5.41, 5.74) is 3.87. The van der Waals surface area contributed by atoms with Gasteiger partial charge in [-0.3, -0.25) is 0 Å². The van der Waals surface area contributed by atoms with E-state index in [1.54, 1.807) is 0 Å². The highest BCUT2D eigenvalue weighted by Crippen LogP contribution is 2.29. The lowest BCUT2D eigenvalue weighted by molar-refractivity contribution is 0.237. The van der Waals surface area contributed by atoms with Crippen molar-refractivity contribution in [2.75, 3.05) is 42.9 Å². The topological polar surface area (TPSA) is 44.3 Å². The molecule has 2 aromatic carbocycles. The number of anilines is 2. The molecule has 0 spiro atoms. The van der Waals surface area contributed by atoms with Gasteiger partial charge in [-0.15, -0.1) is 0 Å². The fraction of sp³-hybridized carbons (Fsp3) is 0.417. The Labute approximate surface area is 172 Å². The maximum absolute atomic E-state index is 4.97. The number of fused-ring (bicyclic) bond motifs is 2. The lowest BCUT2D eigenvalue weighted by atomic mass is 10.00. The van der Waals surface area contributed by atoms with E-state index < -0.39 is 0 Å². The predicted octanol–water partition coefficient (Wildman–Crippen LogP) is 4.09. The fourth-order valence-corrected chi connectivity index (χ4v) is 4.57. The first-order valence-corrected chi connectivity index (χ1v) is 10.9. The van der Waals surface area contributed by atoms with Crippen LogP contribution in [-0.2, 0) is 13.0 Å². The number of piperidine rings is 1. The van der Waals surface area contributed by atoms with Crippen LogP contribution >= 0.6 is 0 Å². The van der Waals surface area contributed by atoms with Crippen molar-refractivity contribution in [2.45, 2.75) is 32.2 Å². The van der Waals surface area contributed by atoms with Crippen molar-refractivity contribution in [2.24, 2.45) is 0 Å². The van der Waals surface area contributed by atoms with Crippen molar-refractivity contribution < 1.29 is 0 Å². The van der Waals surface area contributed by atoms with Gasteiger partial charge in [-0.05, 0) is 55.6 Å². The van der Waals surface area contributed by atoms with Crippen LogP contribution in [0.3, 0.4) is 0 Å². The molecule has 3 aromatic rings. The summed E-state index contributed by atoms with van der Waals surface area (Å²) < 4.78 is 0. The van der Waals surface area contributed by atoms with Crippen molar-refractivity contribution in [1.82, 2.24) is 14.9 Å². The van der Waals surface area contributed by atoms with Crippen LogP contribution in [0.5, 0.6) is 0 Å². The van der Waals surface area contributed by atoms with Crippen LogP contribution in [0.25, 0.3) is 10.9 Å². The summed E-state index contributed by atoms with van der Waals surface area (Å²) in [6, 6.07) is 17.1. The third-order valence-corrected chi connectivity index (χ3v) is 6.17. The summed E-state index contributed by atoms with van der Waals surface area (Å²) in [4.78, 5) is 14.7. The quantitative estimate of drug-likeness (QED) is 0.714. The Balaban J connectivity index is 1.37. The van der Waals surface area contributed by atoms with Crippen molar-refractivity contribution in [3.05, 3.63) is 59.7 Å². The van der Waals surface area contributed by atoms with Crippen molar-refractivity contribution in [3.8, 4) is 0 Å². The zero-order valence-corrected chi connectivity index (χ0v) is 17.0. The second kappa shape index (κ2) is 8.37. The third-order valence-electron chi connectivity index (χ3n) is 6.17. The van der Waals surface area contributed by atoms with E-state index in [1.807, 2.05) is 0 Å². The van der Waals surface area contributed by atoms with Crippen LogP contribution in [0.1, 0.15) is 30.4 Å². The minimum absolute atomic E-state index is 0.745. The first-order valence-electron chi connectivity index (χ1n) is 10.9. The van der Waals surface area contributed by atoms with Gasteiger partial charge in [0.1, 0.15) is 5.82 Å². The molecular weight excluding hydrogens is 358 g/mol. The number of hydrogen-bond donors (Lipinski definition) is 1. The van der Waals surface area contributed by atoms with E-state index in [0.29, 0.717) is 0 Å². The van der Waals surface area contributed by atoms with E-state index >= 15 is 0 Å². The van der Waals surface area contributed by atoms with Gasteiger partial charge in [0.25, 0.3) is 0 Å².